The van der Waals surface area contributed by atoms with Gasteiger partial charge in [-0.2, -0.15) is 0 Å². The lowest BCUT2D eigenvalue weighted by Crippen LogP contribution is -2.37. The Morgan fingerprint density at radius 1 is 1.25 bits per heavy atom. The van der Waals surface area contributed by atoms with Crippen LogP contribution in [0.4, 0.5) is 4.39 Å². The van der Waals surface area contributed by atoms with Gasteiger partial charge in [-0.3, -0.25) is 4.79 Å². The number of nitrogens with zero attached hydrogens (tertiary/aromatic N) is 2. The van der Waals surface area contributed by atoms with Gasteiger partial charge in [0.1, 0.15) is 5.82 Å². The summed E-state index contributed by atoms with van der Waals surface area (Å²) in [7, 11) is -0.370. The fourth-order valence-electron chi connectivity index (χ4n) is 2.66. The van der Waals surface area contributed by atoms with Gasteiger partial charge in [0.05, 0.1) is 4.90 Å². The fourth-order valence-corrected chi connectivity index (χ4v) is 3.87. The summed E-state index contributed by atoms with van der Waals surface area (Å²) in [6.07, 6.45) is 3.13. The fraction of sp³-hybridized carbons (Fsp3) is 0.588. The smallest absolute Gasteiger partial charge is 0.242 e. The first-order chi connectivity index (χ1) is 11.2. The predicted octanol–water partition coefficient (Wildman–Crippen LogP) is 2.48. The summed E-state index contributed by atoms with van der Waals surface area (Å²) in [5.41, 5.74) is 0. The molecule has 0 radical (unpaired) electrons. The van der Waals surface area contributed by atoms with E-state index in [4.69, 9.17) is 0 Å². The molecule has 7 heteroatoms. The van der Waals surface area contributed by atoms with E-state index in [9.17, 15) is 17.6 Å². The normalized spacial score (nSPS) is 16.2. The molecule has 0 aliphatic heterocycles. The Bertz CT molecular complexity index is 672. The SMILES string of the molecule is CC(C1CC1)N(C)C(=O)CCCN(C)S(=O)(=O)c1ccc(F)cc1. The van der Waals surface area contributed by atoms with Crippen molar-refractivity contribution >= 4 is 15.9 Å². The zero-order valence-corrected chi connectivity index (χ0v) is 15.2. The number of hydrogen-bond acceptors (Lipinski definition) is 3. The van der Waals surface area contributed by atoms with E-state index in [2.05, 4.69) is 6.92 Å². The first kappa shape index (κ1) is 18.9. The highest BCUT2D eigenvalue weighted by molar-refractivity contribution is 7.89. The van der Waals surface area contributed by atoms with Gasteiger partial charge in [0.15, 0.2) is 0 Å². The molecule has 0 bridgehead atoms. The van der Waals surface area contributed by atoms with E-state index in [1.807, 2.05) is 7.05 Å². The van der Waals surface area contributed by atoms with E-state index in [0.717, 1.165) is 12.1 Å². The Labute approximate surface area is 143 Å². The highest BCUT2D eigenvalue weighted by atomic mass is 32.2. The molecule has 1 aliphatic carbocycles. The van der Waals surface area contributed by atoms with Crippen molar-refractivity contribution in [1.82, 2.24) is 9.21 Å². The topological polar surface area (TPSA) is 57.7 Å². The molecule has 134 valence electrons. The van der Waals surface area contributed by atoms with Crippen LogP contribution in [0.25, 0.3) is 0 Å². The van der Waals surface area contributed by atoms with Gasteiger partial charge in [-0.05, 0) is 56.4 Å². The molecule has 0 heterocycles. The first-order valence-corrected chi connectivity index (χ1v) is 9.65. The van der Waals surface area contributed by atoms with Crippen LogP contribution in [-0.2, 0) is 14.8 Å². The lowest BCUT2D eigenvalue weighted by molar-refractivity contribution is -0.132. The van der Waals surface area contributed by atoms with E-state index < -0.39 is 15.8 Å². The maximum atomic E-state index is 12.9. The average molecular weight is 356 g/mol. The van der Waals surface area contributed by atoms with Crippen molar-refractivity contribution in [3.8, 4) is 0 Å². The second-order valence-corrected chi connectivity index (χ2v) is 8.51. The van der Waals surface area contributed by atoms with Gasteiger partial charge in [-0.25, -0.2) is 17.1 Å². The van der Waals surface area contributed by atoms with E-state index in [1.165, 1.54) is 36.3 Å². The van der Waals surface area contributed by atoms with E-state index >= 15 is 0 Å². The molecular weight excluding hydrogens is 331 g/mol. The highest BCUT2D eigenvalue weighted by Crippen LogP contribution is 2.34. The number of benzene rings is 1. The Morgan fingerprint density at radius 2 is 1.83 bits per heavy atom. The van der Waals surface area contributed by atoms with Crippen molar-refractivity contribution in [3.05, 3.63) is 30.1 Å². The van der Waals surface area contributed by atoms with Crippen LogP contribution in [0.5, 0.6) is 0 Å². The van der Waals surface area contributed by atoms with Crippen molar-refractivity contribution < 1.29 is 17.6 Å². The third-order valence-electron chi connectivity index (χ3n) is 4.69. The van der Waals surface area contributed by atoms with Crippen LogP contribution in [0.3, 0.4) is 0 Å². The maximum absolute atomic E-state index is 12.9. The number of carbonyl (C=O) groups is 1. The van der Waals surface area contributed by atoms with Gasteiger partial charge in [-0.1, -0.05) is 0 Å². The molecule has 0 N–H and O–H groups in total. The molecule has 5 nitrogen and oxygen atoms in total. The third-order valence-corrected chi connectivity index (χ3v) is 6.57. The van der Waals surface area contributed by atoms with Crippen LogP contribution in [-0.4, -0.2) is 50.2 Å². The molecule has 1 amide bonds. The van der Waals surface area contributed by atoms with Crippen molar-refractivity contribution in [3.63, 3.8) is 0 Å². The van der Waals surface area contributed by atoms with Crippen LogP contribution in [0.15, 0.2) is 29.2 Å². The summed E-state index contributed by atoms with van der Waals surface area (Å²) in [6.45, 7) is 2.30. The van der Waals surface area contributed by atoms with Gasteiger partial charge in [0.2, 0.25) is 15.9 Å². The molecule has 2 rings (SSSR count). The molecule has 0 aromatic heterocycles. The minimum absolute atomic E-state index is 0.0435. The summed E-state index contributed by atoms with van der Waals surface area (Å²) in [6, 6.07) is 4.99. The van der Waals surface area contributed by atoms with Crippen LogP contribution in [0, 0.1) is 11.7 Å². The molecule has 1 aromatic rings. The van der Waals surface area contributed by atoms with Gasteiger partial charge in [0, 0.05) is 33.1 Å². The molecular formula is C17H25FN2O3S. The van der Waals surface area contributed by atoms with Crippen LogP contribution >= 0.6 is 0 Å². The lowest BCUT2D eigenvalue weighted by Gasteiger charge is -2.25. The third kappa shape index (κ3) is 4.54. The minimum Gasteiger partial charge on any atom is -0.343 e. The number of hydrogen-bond donors (Lipinski definition) is 0. The predicted molar refractivity (Wildman–Crippen MR) is 90.4 cm³/mol. The van der Waals surface area contributed by atoms with E-state index in [-0.39, 0.29) is 23.4 Å². The summed E-state index contributed by atoms with van der Waals surface area (Å²) in [5, 5.41) is 0. The summed E-state index contributed by atoms with van der Waals surface area (Å²) < 4.78 is 38.9. The molecule has 1 aromatic carbocycles. The zero-order valence-electron chi connectivity index (χ0n) is 14.4. The molecule has 1 aliphatic rings. The van der Waals surface area contributed by atoms with Crippen molar-refractivity contribution in [2.75, 3.05) is 20.6 Å². The second-order valence-electron chi connectivity index (χ2n) is 6.47. The average Bonchev–Trinajstić information content (AvgIpc) is 3.38. The lowest BCUT2D eigenvalue weighted by atomic mass is 10.1. The highest BCUT2D eigenvalue weighted by Gasteiger charge is 2.32. The van der Waals surface area contributed by atoms with E-state index in [0.29, 0.717) is 18.8 Å². The molecule has 1 fully saturated rings. The van der Waals surface area contributed by atoms with Crippen molar-refractivity contribution in [2.45, 2.75) is 43.5 Å². The standard InChI is InChI=1S/C17H25FN2O3S/c1-13(14-6-7-14)20(3)17(21)5-4-12-19(2)24(22,23)16-10-8-15(18)9-11-16/h8-11,13-14H,4-7,12H2,1-3H3. The van der Waals surface area contributed by atoms with Gasteiger partial charge in [-0.15, -0.1) is 0 Å². The first-order valence-electron chi connectivity index (χ1n) is 8.21. The summed E-state index contributed by atoms with van der Waals surface area (Å²) >= 11 is 0. The van der Waals surface area contributed by atoms with Crippen LogP contribution in [0.1, 0.15) is 32.6 Å². The van der Waals surface area contributed by atoms with Gasteiger partial charge < -0.3 is 4.90 Å². The second kappa shape index (κ2) is 7.61. The van der Waals surface area contributed by atoms with Crippen molar-refractivity contribution in [2.24, 2.45) is 5.92 Å². The Kier molecular flexibility index (Phi) is 5.98. The summed E-state index contributed by atoms with van der Waals surface area (Å²) in [5.74, 6) is 0.178. The number of carbonyl (C=O) groups excluding carboxylic acids is 1. The van der Waals surface area contributed by atoms with Crippen molar-refractivity contribution in [1.29, 1.82) is 0 Å². The van der Waals surface area contributed by atoms with Gasteiger partial charge >= 0.3 is 0 Å². The number of sulfonamides is 1. The largest absolute Gasteiger partial charge is 0.343 e. The summed E-state index contributed by atoms with van der Waals surface area (Å²) in [4.78, 5) is 14.0. The van der Waals surface area contributed by atoms with Crippen LogP contribution < -0.4 is 0 Å². The molecule has 1 saturated carbocycles. The van der Waals surface area contributed by atoms with Crippen LogP contribution in [0.2, 0.25) is 0 Å². The molecule has 0 saturated heterocycles. The quantitative estimate of drug-likeness (QED) is 0.719. The number of halogens is 1. The Balaban J connectivity index is 1.84. The van der Waals surface area contributed by atoms with E-state index in [1.54, 1.807) is 4.90 Å². The monoisotopic (exact) mass is 356 g/mol. The Morgan fingerprint density at radius 3 is 2.38 bits per heavy atom. The molecule has 1 unspecified atom stereocenters. The molecule has 0 spiro atoms. The maximum Gasteiger partial charge on any atom is 0.242 e. The van der Waals surface area contributed by atoms with Gasteiger partial charge in [0.25, 0.3) is 0 Å². The minimum atomic E-state index is -3.65. The number of rotatable bonds is 8. The molecule has 1 atom stereocenters. The zero-order chi connectivity index (χ0) is 17.9. The number of amides is 1. The molecule has 24 heavy (non-hydrogen) atoms. The Hall–Kier alpha value is -1.47.